The van der Waals surface area contributed by atoms with Crippen LogP contribution in [0.2, 0.25) is 0 Å². The van der Waals surface area contributed by atoms with Gasteiger partial charge in [-0.05, 0) is 30.4 Å². The Morgan fingerprint density at radius 1 is 1.12 bits per heavy atom. The minimum Gasteiger partial charge on any atom is -0.375 e. The van der Waals surface area contributed by atoms with Crippen LogP contribution in [0.25, 0.3) is 0 Å². The second-order valence-electron chi connectivity index (χ2n) is 3.13. The zero-order valence-corrected chi connectivity index (χ0v) is 11.1. The molecule has 1 unspecified atom stereocenters. The number of rotatable bonds is 9. The highest BCUT2D eigenvalue weighted by atomic mass is 28.4. The van der Waals surface area contributed by atoms with Crippen LogP contribution in [0.5, 0.6) is 0 Å². The standard InChI is InChI=1S/C9H23NO4Si.H4Si/c1-5-9(14-8-6-7-10)15(11-2,12-3)13-4;/h9H,5-8,10H2,1-4H3;1H4. The molecule has 0 aliphatic rings. The van der Waals surface area contributed by atoms with Crippen molar-refractivity contribution in [3.05, 3.63) is 0 Å². The molecule has 5 nitrogen and oxygen atoms in total. The average molecular weight is 269 g/mol. The number of hydrogen-bond acceptors (Lipinski definition) is 5. The minimum atomic E-state index is -2.66. The maximum Gasteiger partial charge on any atom is 0.530 e. The van der Waals surface area contributed by atoms with Crippen LogP contribution in [-0.2, 0) is 18.0 Å². The fraction of sp³-hybridized carbons (Fsp3) is 1.00. The SMILES string of the molecule is CCC(OCCCN)[Si](OC)(OC)OC.[SiH4]. The van der Waals surface area contributed by atoms with Crippen molar-refractivity contribution in [3.8, 4) is 0 Å². The molecule has 0 aliphatic carbocycles. The lowest BCUT2D eigenvalue weighted by Crippen LogP contribution is -2.55. The first-order chi connectivity index (χ1) is 7.20. The predicted octanol–water partition coefficient (Wildman–Crippen LogP) is -0.904. The topological polar surface area (TPSA) is 62.9 Å². The molecule has 0 aliphatic heterocycles. The van der Waals surface area contributed by atoms with Crippen LogP contribution in [0.4, 0.5) is 0 Å². The van der Waals surface area contributed by atoms with E-state index in [4.69, 9.17) is 23.7 Å². The molecular formula is C9H27NO4Si2. The molecule has 0 radical (unpaired) electrons. The Morgan fingerprint density at radius 2 is 1.62 bits per heavy atom. The maximum absolute atomic E-state index is 5.68. The lowest BCUT2D eigenvalue weighted by molar-refractivity contribution is 0.0113. The van der Waals surface area contributed by atoms with E-state index in [-0.39, 0.29) is 16.7 Å². The summed E-state index contributed by atoms with van der Waals surface area (Å²) in [4.78, 5) is 0. The van der Waals surface area contributed by atoms with Crippen LogP contribution < -0.4 is 5.73 Å². The summed E-state index contributed by atoms with van der Waals surface area (Å²) in [5.41, 5.74) is 5.28. The van der Waals surface area contributed by atoms with Gasteiger partial charge in [-0.1, -0.05) is 6.92 Å². The Balaban J connectivity index is 0. The summed E-state index contributed by atoms with van der Waals surface area (Å²) in [6, 6.07) is 0. The number of nitrogens with two attached hydrogens (primary N) is 1. The van der Waals surface area contributed by atoms with Gasteiger partial charge in [-0.2, -0.15) is 0 Å². The second kappa shape index (κ2) is 10.4. The zero-order chi connectivity index (χ0) is 11.7. The van der Waals surface area contributed by atoms with Gasteiger partial charge in [0.1, 0.15) is 5.73 Å². The Bertz CT molecular complexity index is 150. The van der Waals surface area contributed by atoms with Crippen LogP contribution in [0, 0.1) is 0 Å². The van der Waals surface area contributed by atoms with E-state index in [9.17, 15) is 0 Å². The molecule has 0 bridgehead atoms. The molecule has 100 valence electrons. The van der Waals surface area contributed by atoms with Gasteiger partial charge in [-0.25, -0.2) is 0 Å². The molecule has 2 N–H and O–H groups in total. The van der Waals surface area contributed by atoms with Gasteiger partial charge >= 0.3 is 8.80 Å². The quantitative estimate of drug-likeness (QED) is 0.434. The fourth-order valence-corrected chi connectivity index (χ4v) is 3.53. The minimum absolute atomic E-state index is 0. The van der Waals surface area contributed by atoms with Gasteiger partial charge in [-0.15, -0.1) is 0 Å². The van der Waals surface area contributed by atoms with Crippen LogP contribution >= 0.6 is 0 Å². The molecular weight excluding hydrogens is 242 g/mol. The van der Waals surface area contributed by atoms with Gasteiger partial charge in [0.25, 0.3) is 0 Å². The monoisotopic (exact) mass is 269 g/mol. The fourth-order valence-electron chi connectivity index (χ4n) is 1.42. The van der Waals surface area contributed by atoms with Crippen LogP contribution in [-0.4, -0.2) is 60.0 Å². The van der Waals surface area contributed by atoms with Gasteiger partial charge in [-0.3, -0.25) is 0 Å². The summed E-state index contributed by atoms with van der Waals surface area (Å²) < 4.78 is 21.8. The van der Waals surface area contributed by atoms with E-state index in [0.717, 1.165) is 12.8 Å². The number of hydrogen-bond donors (Lipinski definition) is 1. The molecule has 1 atom stereocenters. The van der Waals surface area contributed by atoms with E-state index >= 15 is 0 Å². The Hall–Kier alpha value is 0.234. The third-order valence-electron chi connectivity index (χ3n) is 2.29. The van der Waals surface area contributed by atoms with Crippen molar-refractivity contribution in [2.24, 2.45) is 5.73 Å². The van der Waals surface area contributed by atoms with E-state index in [2.05, 4.69) is 0 Å². The van der Waals surface area contributed by atoms with E-state index in [1.807, 2.05) is 6.92 Å². The van der Waals surface area contributed by atoms with Crippen molar-refractivity contribution in [2.75, 3.05) is 34.5 Å². The summed E-state index contributed by atoms with van der Waals surface area (Å²) >= 11 is 0. The first-order valence-electron chi connectivity index (χ1n) is 5.17. The molecule has 7 heteroatoms. The highest BCUT2D eigenvalue weighted by molar-refractivity contribution is 6.62. The highest BCUT2D eigenvalue weighted by Gasteiger charge is 2.47. The zero-order valence-electron chi connectivity index (χ0n) is 10.1. The summed E-state index contributed by atoms with van der Waals surface area (Å²) in [7, 11) is 2.11. The van der Waals surface area contributed by atoms with Crippen LogP contribution in [0.3, 0.4) is 0 Å². The molecule has 0 aromatic carbocycles. The van der Waals surface area contributed by atoms with E-state index in [1.165, 1.54) is 0 Å². The smallest absolute Gasteiger partial charge is 0.375 e. The molecule has 0 heterocycles. The highest BCUT2D eigenvalue weighted by Crippen LogP contribution is 2.18. The Kier molecular flexibility index (Phi) is 12.1. The molecule has 0 rings (SSSR count). The van der Waals surface area contributed by atoms with Crippen molar-refractivity contribution >= 4 is 19.8 Å². The third-order valence-corrected chi connectivity index (χ3v) is 5.36. The van der Waals surface area contributed by atoms with Crippen molar-refractivity contribution in [1.29, 1.82) is 0 Å². The van der Waals surface area contributed by atoms with Crippen molar-refractivity contribution in [1.82, 2.24) is 0 Å². The van der Waals surface area contributed by atoms with Gasteiger partial charge in [0.2, 0.25) is 0 Å². The van der Waals surface area contributed by atoms with Gasteiger partial charge in [0.15, 0.2) is 0 Å². The summed E-state index contributed by atoms with van der Waals surface area (Å²) in [6.07, 6.45) is 1.63. The molecule has 16 heavy (non-hydrogen) atoms. The van der Waals surface area contributed by atoms with E-state index < -0.39 is 8.80 Å². The van der Waals surface area contributed by atoms with Crippen LogP contribution in [0.15, 0.2) is 0 Å². The average Bonchev–Trinajstić information content (AvgIpc) is 2.29. The van der Waals surface area contributed by atoms with E-state index in [0.29, 0.717) is 13.2 Å². The largest absolute Gasteiger partial charge is 0.530 e. The third kappa shape index (κ3) is 5.04. The van der Waals surface area contributed by atoms with Crippen molar-refractivity contribution < 1.29 is 18.0 Å². The first kappa shape index (κ1) is 18.6. The second-order valence-corrected chi connectivity index (χ2v) is 6.20. The Morgan fingerprint density at radius 3 is 1.94 bits per heavy atom. The molecule has 0 amide bonds. The molecule has 0 aromatic rings. The molecule has 0 spiro atoms. The molecule has 0 saturated carbocycles. The Labute approximate surface area is 104 Å². The van der Waals surface area contributed by atoms with Gasteiger partial charge in [0, 0.05) is 27.9 Å². The van der Waals surface area contributed by atoms with Crippen molar-refractivity contribution in [2.45, 2.75) is 25.5 Å². The van der Waals surface area contributed by atoms with E-state index in [1.54, 1.807) is 21.3 Å². The normalized spacial score (nSPS) is 13.3. The van der Waals surface area contributed by atoms with Gasteiger partial charge < -0.3 is 23.7 Å². The summed E-state index contributed by atoms with van der Waals surface area (Å²) in [5.74, 6) is 0. The van der Waals surface area contributed by atoms with Crippen LogP contribution in [0.1, 0.15) is 19.8 Å². The predicted molar refractivity (Wildman–Crippen MR) is 71.8 cm³/mol. The molecule has 0 fully saturated rings. The lowest BCUT2D eigenvalue weighted by Gasteiger charge is -2.31. The molecule has 0 saturated heterocycles. The lowest BCUT2D eigenvalue weighted by atomic mass is 10.4. The summed E-state index contributed by atoms with van der Waals surface area (Å²) in [5, 5.41) is 0. The van der Waals surface area contributed by atoms with Gasteiger partial charge in [0.05, 0.1) is 0 Å². The van der Waals surface area contributed by atoms with Crippen molar-refractivity contribution in [3.63, 3.8) is 0 Å². The summed E-state index contributed by atoms with van der Waals surface area (Å²) in [6.45, 7) is 3.25. The number of ether oxygens (including phenoxy) is 1. The molecule has 0 aromatic heterocycles. The maximum atomic E-state index is 5.68. The first-order valence-corrected chi connectivity index (χ1v) is 6.98.